The second-order valence-electron chi connectivity index (χ2n) is 4.09. The number of hydrogen-bond donors (Lipinski definition) is 1. The van der Waals surface area contributed by atoms with E-state index in [2.05, 4.69) is 0 Å². The van der Waals surface area contributed by atoms with E-state index in [1.807, 2.05) is 25.1 Å². The molecule has 0 aromatic heterocycles. The Morgan fingerprint density at radius 1 is 1.39 bits per heavy atom. The number of carboxylic acids is 1. The van der Waals surface area contributed by atoms with Gasteiger partial charge in [0, 0.05) is 13.6 Å². The topological polar surface area (TPSA) is 66.8 Å². The maximum atomic E-state index is 11.1. The van der Waals surface area contributed by atoms with Crippen LogP contribution in [0.1, 0.15) is 11.1 Å². The highest BCUT2D eigenvalue weighted by molar-refractivity contribution is 6.31. The molecule has 1 aromatic carbocycles. The minimum absolute atomic E-state index is 0.372. The Hall–Kier alpha value is -2.04. The Bertz CT molecular complexity index is 456. The Morgan fingerprint density at radius 2 is 2.06 bits per heavy atom. The van der Waals surface area contributed by atoms with E-state index in [1.54, 1.807) is 7.11 Å². The van der Waals surface area contributed by atoms with E-state index in [1.165, 1.54) is 11.9 Å². The van der Waals surface area contributed by atoms with E-state index >= 15 is 0 Å². The number of amides is 1. The minimum Gasteiger partial charge on any atom is -0.496 e. The van der Waals surface area contributed by atoms with Gasteiger partial charge in [-0.25, -0.2) is 4.79 Å². The van der Waals surface area contributed by atoms with Gasteiger partial charge in [-0.05, 0) is 30.5 Å². The molecule has 1 rings (SSSR count). The van der Waals surface area contributed by atoms with E-state index in [0.29, 0.717) is 13.0 Å². The van der Waals surface area contributed by atoms with Gasteiger partial charge in [0.2, 0.25) is 0 Å². The molecule has 0 bridgehead atoms. The summed E-state index contributed by atoms with van der Waals surface area (Å²) in [6, 6.07) is 5.74. The summed E-state index contributed by atoms with van der Waals surface area (Å²) in [6.45, 7) is 2.31. The highest BCUT2D eigenvalue weighted by Gasteiger charge is 2.16. The van der Waals surface area contributed by atoms with Crippen molar-refractivity contribution in [3.8, 4) is 5.75 Å². The molecule has 1 amide bonds. The number of carboxylic acid groups (broad SMARTS) is 1. The second kappa shape index (κ2) is 6.05. The van der Waals surface area contributed by atoms with Crippen molar-refractivity contribution >= 4 is 11.9 Å². The van der Waals surface area contributed by atoms with Crippen LogP contribution in [-0.4, -0.2) is 42.6 Å². The summed E-state index contributed by atoms with van der Waals surface area (Å²) < 4.78 is 5.15. The lowest BCUT2D eigenvalue weighted by molar-refractivity contribution is -0.155. The summed E-state index contributed by atoms with van der Waals surface area (Å²) in [5.74, 6) is -1.50. The van der Waals surface area contributed by atoms with Crippen molar-refractivity contribution in [1.82, 2.24) is 4.90 Å². The number of likely N-dealkylation sites (N-methyl/N-ethyl adjacent to an activating group) is 1. The van der Waals surface area contributed by atoms with Crippen LogP contribution in [0.2, 0.25) is 0 Å². The third-order valence-corrected chi connectivity index (χ3v) is 2.72. The number of carbonyl (C=O) groups is 2. The van der Waals surface area contributed by atoms with E-state index in [0.717, 1.165) is 16.9 Å². The van der Waals surface area contributed by atoms with Crippen LogP contribution in [-0.2, 0) is 16.0 Å². The van der Waals surface area contributed by atoms with Crippen LogP contribution < -0.4 is 4.74 Å². The number of carbonyl (C=O) groups excluding carboxylic acids is 1. The highest BCUT2D eigenvalue weighted by Crippen LogP contribution is 2.18. The predicted molar refractivity (Wildman–Crippen MR) is 66.7 cm³/mol. The number of rotatable bonds is 4. The van der Waals surface area contributed by atoms with Crippen molar-refractivity contribution in [1.29, 1.82) is 0 Å². The Labute approximate surface area is 106 Å². The van der Waals surface area contributed by atoms with E-state index in [4.69, 9.17) is 9.84 Å². The van der Waals surface area contributed by atoms with Gasteiger partial charge < -0.3 is 14.7 Å². The maximum Gasteiger partial charge on any atom is 0.394 e. The molecule has 0 aliphatic carbocycles. The zero-order chi connectivity index (χ0) is 13.7. The molecule has 18 heavy (non-hydrogen) atoms. The van der Waals surface area contributed by atoms with Crippen LogP contribution in [0.15, 0.2) is 18.2 Å². The molecule has 98 valence electrons. The van der Waals surface area contributed by atoms with Crippen molar-refractivity contribution in [2.45, 2.75) is 13.3 Å². The first-order valence-corrected chi connectivity index (χ1v) is 5.57. The molecule has 0 spiro atoms. The number of ether oxygens (including phenoxy) is 1. The van der Waals surface area contributed by atoms with Crippen molar-refractivity contribution in [2.24, 2.45) is 0 Å². The lowest BCUT2D eigenvalue weighted by atomic mass is 10.1. The summed E-state index contributed by atoms with van der Waals surface area (Å²) in [4.78, 5) is 22.8. The molecule has 5 heteroatoms. The molecule has 0 saturated carbocycles. The number of methoxy groups -OCH3 is 1. The molecule has 1 aromatic rings. The summed E-state index contributed by atoms with van der Waals surface area (Å²) in [7, 11) is 3.09. The van der Waals surface area contributed by atoms with E-state index < -0.39 is 11.9 Å². The van der Waals surface area contributed by atoms with Crippen molar-refractivity contribution in [3.63, 3.8) is 0 Å². The minimum atomic E-state index is -1.43. The summed E-state index contributed by atoms with van der Waals surface area (Å²) >= 11 is 0. The number of aliphatic carboxylic acids is 1. The molecular formula is C13H17NO4. The molecule has 0 radical (unpaired) electrons. The molecule has 0 saturated heterocycles. The Morgan fingerprint density at radius 3 is 2.56 bits per heavy atom. The standard InChI is InChI=1S/C13H17NO4/c1-9-8-10(4-5-11(9)18-3)6-7-14(2)12(15)13(16)17/h4-5,8H,6-7H2,1-3H3,(H,16,17). The van der Waals surface area contributed by atoms with Crippen molar-refractivity contribution < 1.29 is 19.4 Å². The first kappa shape index (κ1) is 14.0. The van der Waals surface area contributed by atoms with Gasteiger partial charge in [-0.15, -0.1) is 0 Å². The quantitative estimate of drug-likeness (QED) is 0.813. The number of nitrogens with zero attached hydrogens (tertiary/aromatic N) is 1. The number of hydrogen-bond acceptors (Lipinski definition) is 3. The van der Waals surface area contributed by atoms with Gasteiger partial charge in [0.15, 0.2) is 0 Å². The second-order valence-corrected chi connectivity index (χ2v) is 4.09. The molecular weight excluding hydrogens is 234 g/mol. The van der Waals surface area contributed by atoms with Crippen LogP contribution in [0.3, 0.4) is 0 Å². The van der Waals surface area contributed by atoms with E-state index in [9.17, 15) is 9.59 Å². The molecule has 0 unspecified atom stereocenters. The first-order valence-electron chi connectivity index (χ1n) is 5.57. The molecule has 0 aliphatic heterocycles. The smallest absolute Gasteiger partial charge is 0.394 e. The fourth-order valence-electron chi connectivity index (χ4n) is 1.66. The third kappa shape index (κ3) is 3.48. The maximum absolute atomic E-state index is 11.1. The lowest BCUT2D eigenvalue weighted by Crippen LogP contribution is -2.34. The van der Waals surface area contributed by atoms with Gasteiger partial charge >= 0.3 is 11.9 Å². The van der Waals surface area contributed by atoms with Gasteiger partial charge in [0.1, 0.15) is 5.75 Å². The highest BCUT2D eigenvalue weighted by atomic mass is 16.5. The predicted octanol–water partition coefficient (Wildman–Crippen LogP) is 1.09. The first-order chi connectivity index (χ1) is 8.45. The number of benzene rings is 1. The molecule has 0 heterocycles. The van der Waals surface area contributed by atoms with E-state index in [-0.39, 0.29) is 0 Å². The molecule has 0 atom stereocenters. The van der Waals surface area contributed by atoms with Gasteiger partial charge in [-0.3, -0.25) is 4.79 Å². The molecule has 1 N–H and O–H groups in total. The fourth-order valence-corrected chi connectivity index (χ4v) is 1.66. The van der Waals surface area contributed by atoms with Crippen molar-refractivity contribution in [2.75, 3.05) is 20.7 Å². The van der Waals surface area contributed by atoms with Crippen molar-refractivity contribution in [3.05, 3.63) is 29.3 Å². The number of aryl methyl sites for hydroxylation is 1. The average molecular weight is 251 g/mol. The van der Waals surface area contributed by atoms with Crippen LogP contribution >= 0.6 is 0 Å². The van der Waals surface area contributed by atoms with Crippen LogP contribution in [0, 0.1) is 6.92 Å². The van der Waals surface area contributed by atoms with Crippen LogP contribution in [0.25, 0.3) is 0 Å². The van der Waals surface area contributed by atoms with Crippen LogP contribution in [0.5, 0.6) is 5.75 Å². The zero-order valence-corrected chi connectivity index (χ0v) is 10.8. The summed E-state index contributed by atoms with van der Waals surface area (Å²) in [6.07, 6.45) is 0.611. The molecule has 0 aliphatic rings. The molecule has 0 fully saturated rings. The Kier molecular flexibility index (Phi) is 4.71. The van der Waals surface area contributed by atoms with Crippen LogP contribution in [0.4, 0.5) is 0 Å². The van der Waals surface area contributed by atoms with Gasteiger partial charge in [0.25, 0.3) is 0 Å². The summed E-state index contributed by atoms with van der Waals surface area (Å²) in [5, 5.41) is 8.55. The molecule has 5 nitrogen and oxygen atoms in total. The fraction of sp³-hybridized carbons (Fsp3) is 0.385. The Balaban J connectivity index is 2.61. The normalized spacial score (nSPS) is 9.94. The van der Waals surface area contributed by atoms with Gasteiger partial charge in [-0.1, -0.05) is 12.1 Å². The third-order valence-electron chi connectivity index (χ3n) is 2.72. The summed E-state index contributed by atoms with van der Waals surface area (Å²) in [5.41, 5.74) is 2.06. The average Bonchev–Trinajstić information content (AvgIpc) is 2.35. The largest absolute Gasteiger partial charge is 0.496 e. The SMILES string of the molecule is COc1ccc(CCN(C)C(=O)C(=O)O)cc1C. The van der Waals surface area contributed by atoms with Gasteiger partial charge in [-0.2, -0.15) is 0 Å². The zero-order valence-electron chi connectivity index (χ0n) is 10.8. The van der Waals surface area contributed by atoms with Gasteiger partial charge in [0.05, 0.1) is 7.11 Å². The monoisotopic (exact) mass is 251 g/mol. The lowest BCUT2D eigenvalue weighted by Gasteiger charge is -2.15.